The molecule has 1 heterocycles. The number of carboxylic acid groups (broad SMARTS) is 1. The van der Waals surface area contributed by atoms with Crippen LogP contribution in [0.5, 0.6) is 0 Å². The molecule has 0 saturated carbocycles. The van der Waals surface area contributed by atoms with Crippen LogP contribution < -0.4 is 11.3 Å². The van der Waals surface area contributed by atoms with Crippen molar-refractivity contribution in [3.63, 3.8) is 0 Å². The van der Waals surface area contributed by atoms with Gasteiger partial charge in [0.2, 0.25) is 0 Å². The number of benzene rings is 1. The molecule has 2 radical (unpaired) electrons. The number of halogens is 1. The first-order valence-electron chi connectivity index (χ1n) is 3.97. The molecule has 7 heteroatoms. The molecule has 15 heavy (non-hydrogen) atoms. The molecule has 74 valence electrons. The Morgan fingerprint density at radius 1 is 1.67 bits per heavy atom. The van der Waals surface area contributed by atoms with E-state index in [1.165, 1.54) is 6.07 Å². The first-order chi connectivity index (χ1) is 7.02. The summed E-state index contributed by atoms with van der Waals surface area (Å²) in [5.41, 5.74) is 5.88. The molecule has 0 amide bonds. The van der Waals surface area contributed by atoms with Crippen LogP contribution in [0.15, 0.2) is 6.07 Å². The molecule has 0 saturated heterocycles. The molecule has 0 atom stereocenters. The monoisotopic (exact) mass is 221 g/mol. The minimum absolute atomic E-state index is 0.0110. The highest BCUT2D eigenvalue weighted by atomic mass is 35.5. The lowest BCUT2D eigenvalue weighted by atomic mass is 9.98. The number of nitrogens with two attached hydrogens (primary N) is 1. The fourth-order valence-corrected chi connectivity index (χ4v) is 1.57. The molecular weight excluding hydrogens is 216 g/mol. The van der Waals surface area contributed by atoms with E-state index >= 15 is 0 Å². The van der Waals surface area contributed by atoms with Crippen LogP contribution in [0.3, 0.4) is 0 Å². The van der Waals surface area contributed by atoms with Gasteiger partial charge in [0, 0.05) is 5.39 Å². The van der Waals surface area contributed by atoms with Gasteiger partial charge in [-0.25, -0.2) is 4.79 Å². The average molecular weight is 221 g/mol. The Labute approximate surface area is 90.6 Å². The van der Waals surface area contributed by atoms with E-state index < -0.39 is 5.97 Å². The van der Waals surface area contributed by atoms with Gasteiger partial charge in [-0.1, -0.05) is 11.6 Å². The number of carbonyl (C=O) groups is 1. The topological polar surface area (TPSA) is 92.0 Å². The van der Waals surface area contributed by atoms with Gasteiger partial charge in [-0.15, -0.1) is 0 Å². The van der Waals surface area contributed by atoms with Crippen LogP contribution in [0.1, 0.15) is 10.4 Å². The van der Waals surface area contributed by atoms with Gasteiger partial charge in [0.15, 0.2) is 0 Å². The molecule has 1 aromatic carbocycles. The maximum Gasteiger partial charge on any atom is 0.340 e. The predicted molar refractivity (Wildman–Crippen MR) is 57.9 cm³/mol. The van der Waals surface area contributed by atoms with E-state index in [4.69, 9.17) is 30.3 Å². The van der Waals surface area contributed by atoms with Crippen molar-refractivity contribution in [2.24, 2.45) is 0 Å². The molecule has 0 fully saturated rings. The van der Waals surface area contributed by atoms with Gasteiger partial charge in [-0.3, -0.25) is 5.10 Å². The molecule has 0 aliphatic carbocycles. The van der Waals surface area contributed by atoms with E-state index in [2.05, 4.69) is 10.2 Å². The van der Waals surface area contributed by atoms with Crippen molar-refractivity contribution < 1.29 is 9.90 Å². The number of rotatable bonds is 1. The summed E-state index contributed by atoms with van der Waals surface area (Å²) in [5.74, 6) is -1.19. The Kier molecular flexibility index (Phi) is 2.08. The van der Waals surface area contributed by atoms with Gasteiger partial charge in [0.05, 0.1) is 10.7 Å². The number of hydrogen-bond acceptors (Lipinski definition) is 3. The molecule has 0 unspecified atom stereocenters. The minimum Gasteiger partial charge on any atom is -0.478 e. The Hall–Kier alpha value is -1.69. The molecule has 0 bridgehead atoms. The van der Waals surface area contributed by atoms with Crippen LogP contribution in [0.4, 0.5) is 5.69 Å². The first kappa shape index (κ1) is 9.85. The molecule has 0 aliphatic rings. The zero-order valence-electron chi connectivity index (χ0n) is 7.41. The summed E-state index contributed by atoms with van der Waals surface area (Å²) < 4.78 is 0. The highest BCUT2D eigenvalue weighted by Gasteiger charge is 2.18. The third kappa shape index (κ3) is 1.34. The van der Waals surface area contributed by atoms with Crippen molar-refractivity contribution >= 4 is 47.6 Å². The number of aromatic amines is 1. The number of nitrogens with zero attached hydrogens (tertiary/aromatic N) is 1. The number of anilines is 1. The Bertz CT molecular complexity index is 567. The van der Waals surface area contributed by atoms with E-state index in [9.17, 15) is 4.79 Å². The van der Waals surface area contributed by atoms with E-state index in [1.807, 2.05) is 0 Å². The Morgan fingerprint density at radius 2 is 2.33 bits per heavy atom. The first-order valence-corrected chi connectivity index (χ1v) is 4.35. The summed E-state index contributed by atoms with van der Waals surface area (Å²) in [6.45, 7) is 0. The highest BCUT2D eigenvalue weighted by Crippen LogP contribution is 2.29. The lowest BCUT2D eigenvalue weighted by Gasteiger charge is -2.03. The molecule has 5 nitrogen and oxygen atoms in total. The smallest absolute Gasteiger partial charge is 0.340 e. The highest BCUT2D eigenvalue weighted by molar-refractivity contribution is 6.40. The summed E-state index contributed by atoms with van der Waals surface area (Å²) in [5, 5.41) is 15.8. The zero-order valence-corrected chi connectivity index (χ0v) is 8.17. The summed E-state index contributed by atoms with van der Waals surface area (Å²) in [4.78, 5) is 11.0. The molecule has 0 spiro atoms. The van der Waals surface area contributed by atoms with E-state index in [-0.39, 0.29) is 27.4 Å². The SMILES string of the molecule is [B]c1[nH]nc2c(C(=O)O)c(N)c(Cl)cc12. The number of aromatic nitrogens is 2. The van der Waals surface area contributed by atoms with Crippen LogP contribution in [0.25, 0.3) is 10.9 Å². The van der Waals surface area contributed by atoms with Gasteiger partial charge in [-0.05, 0) is 11.7 Å². The normalized spacial score (nSPS) is 10.7. The molecule has 2 rings (SSSR count). The maximum atomic E-state index is 11.0. The predicted octanol–water partition coefficient (Wildman–Crippen LogP) is 0.291. The summed E-state index contributed by atoms with van der Waals surface area (Å²) in [6, 6.07) is 1.48. The largest absolute Gasteiger partial charge is 0.478 e. The van der Waals surface area contributed by atoms with Crippen molar-refractivity contribution in [3.05, 3.63) is 16.7 Å². The van der Waals surface area contributed by atoms with E-state index in [0.29, 0.717) is 5.39 Å². The molecule has 2 aromatic rings. The third-order valence-corrected chi connectivity index (χ3v) is 2.39. The summed E-state index contributed by atoms with van der Waals surface area (Å²) in [7, 11) is 5.55. The molecule has 4 N–H and O–H groups in total. The number of aromatic carboxylic acids is 1. The Morgan fingerprint density at radius 3 is 2.93 bits per heavy atom. The average Bonchev–Trinajstić information content (AvgIpc) is 2.49. The van der Waals surface area contributed by atoms with Crippen LogP contribution in [-0.2, 0) is 0 Å². The van der Waals surface area contributed by atoms with E-state index in [1.54, 1.807) is 0 Å². The molecular formula is C8H5BClN3O2. The summed E-state index contributed by atoms with van der Waals surface area (Å²) in [6.07, 6.45) is 0. The van der Waals surface area contributed by atoms with Crippen molar-refractivity contribution in [1.29, 1.82) is 0 Å². The number of H-pyrrole nitrogens is 1. The second kappa shape index (κ2) is 3.17. The number of nitrogens with one attached hydrogen (secondary N) is 1. The lowest BCUT2D eigenvalue weighted by Crippen LogP contribution is -2.06. The van der Waals surface area contributed by atoms with Crippen LogP contribution >= 0.6 is 11.6 Å². The number of nitrogen functional groups attached to an aromatic ring is 1. The summed E-state index contributed by atoms with van der Waals surface area (Å²) >= 11 is 5.78. The zero-order chi connectivity index (χ0) is 11.2. The maximum absolute atomic E-state index is 11.0. The number of fused-ring (bicyclic) bond motifs is 1. The van der Waals surface area contributed by atoms with Gasteiger partial charge < -0.3 is 10.8 Å². The minimum atomic E-state index is -1.19. The fraction of sp³-hybridized carbons (Fsp3) is 0. The molecule has 1 aromatic heterocycles. The van der Waals surface area contributed by atoms with Crippen molar-refractivity contribution in [3.8, 4) is 0 Å². The second-order valence-corrected chi connectivity index (χ2v) is 3.39. The van der Waals surface area contributed by atoms with Gasteiger partial charge in [-0.2, -0.15) is 5.10 Å². The lowest BCUT2D eigenvalue weighted by molar-refractivity contribution is 0.0700. The Balaban J connectivity index is 2.97. The van der Waals surface area contributed by atoms with Crippen molar-refractivity contribution in [2.75, 3.05) is 5.73 Å². The van der Waals surface area contributed by atoms with Gasteiger partial charge >= 0.3 is 5.97 Å². The standard InChI is InChI=1S/C8H5BClN3O2/c9-7-2-1-3(10)5(11)4(8(14)15)6(2)12-13-7/h1H,11H2,(H,12,13)(H,14,15). The number of carboxylic acids is 1. The van der Waals surface area contributed by atoms with Crippen molar-refractivity contribution in [2.45, 2.75) is 0 Å². The quantitative estimate of drug-likeness (QED) is 0.477. The van der Waals surface area contributed by atoms with Crippen LogP contribution in [0.2, 0.25) is 5.02 Å². The second-order valence-electron chi connectivity index (χ2n) is 2.99. The third-order valence-electron chi connectivity index (χ3n) is 2.08. The molecule has 0 aliphatic heterocycles. The fourth-order valence-electron chi connectivity index (χ4n) is 1.37. The van der Waals surface area contributed by atoms with Gasteiger partial charge in [0.25, 0.3) is 0 Å². The van der Waals surface area contributed by atoms with E-state index in [0.717, 1.165) is 0 Å². The van der Waals surface area contributed by atoms with Crippen molar-refractivity contribution in [1.82, 2.24) is 10.2 Å². The number of hydrogen-bond donors (Lipinski definition) is 3. The van der Waals surface area contributed by atoms with Crippen LogP contribution in [-0.4, -0.2) is 29.1 Å². The van der Waals surface area contributed by atoms with Crippen LogP contribution in [0, 0.1) is 0 Å². The van der Waals surface area contributed by atoms with Gasteiger partial charge in [0.1, 0.15) is 18.9 Å².